The lowest BCUT2D eigenvalue weighted by atomic mass is 10.0. The number of hydrogen-bond acceptors (Lipinski definition) is 7. The Hall–Kier alpha value is -3.81. The van der Waals surface area contributed by atoms with E-state index in [9.17, 15) is 9.36 Å². The minimum atomic E-state index is -2.55. The SMILES string of the molecule is CC#CC(=O)Nc1cc(Cc2ncc(Cl)c(Nc3ccccc3P(C)(C)=O)n2)c(OC)cc1C#CCN(C)C. The van der Waals surface area contributed by atoms with E-state index in [0.717, 1.165) is 5.56 Å². The number of aromatic nitrogens is 2. The van der Waals surface area contributed by atoms with E-state index in [1.54, 1.807) is 39.5 Å². The number of carbonyl (C=O) groups excluding carboxylic acids is 1. The molecule has 3 aromatic rings. The molecule has 1 amide bonds. The molecule has 3 rings (SSSR count). The van der Waals surface area contributed by atoms with Crippen molar-refractivity contribution in [2.45, 2.75) is 13.3 Å². The summed E-state index contributed by atoms with van der Waals surface area (Å²) in [7, 11) is 2.87. The molecule has 0 atom stereocenters. The van der Waals surface area contributed by atoms with Gasteiger partial charge in [0.1, 0.15) is 23.7 Å². The fourth-order valence-electron chi connectivity index (χ4n) is 3.64. The number of nitrogens with zero attached hydrogens (tertiary/aromatic N) is 3. The lowest BCUT2D eigenvalue weighted by Gasteiger charge is -2.16. The fraction of sp³-hybridized carbons (Fsp3) is 0.276. The van der Waals surface area contributed by atoms with Gasteiger partial charge in [0.2, 0.25) is 0 Å². The molecule has 8 nitrogen and oxygen atoms in total. The van der Waals surface area contributed by atoms with Gasteiger partial charge >= 0.3 is 0 Å². The summed E-state index contributed by atoms with van der Waals surface area (Å²) in [4.78, 5) is 23.3. The highest BCUT2D eigenvalue weighted by Gasteiger charge is 2.18. The van der Waals surface area contributed by atoms with E-state index >= 15 is 0 Å². The topological polar surface area (TPSA) is 96.5 Å². The van der Waals surface area contributed by atoms with Gasteiger partial charge in [-0.1, -0.05) is 41.5 Å². The summed E-state index contributed by atoms with van der Waals surface area (Å²) in [6.07, 6.45) is 1.80. The molecular formula is C29H31ClN5O3P. The van der Waals surface area contributed by atoms with Crippen LogP contribution in [0.1, 0.15) is 23.9 Å². The molecule has 10 heteroatoms. The molecule has 0 radical (unpaired) electrons. The highest BCUT2D eigenvalue weighted by atomic mass is 35.5. The standard InChI is InChI=1S/C29H31ClN5O3P/c1-7-11-28(36)32-24-16-21(25(38-4)17-20(24)12-10-15-35(2)3)18-27-31-19-22(30)29(34-27)33-23-13-8-9-14-26(23)39(5,6)37/h8-9,13-14,16-17,19H,15,18H2,1-6H3,(H,32,36)(H,31,33,34). The van der Waals surface area contributed by atoms with Crippen LogP contribution in [0.3, 0.4) is 0 Å². The second-order valence-electron chi connectivity index (χ2n) is 9.23. The van der Waals surface area contributed by atoms with Crippen LogP contribution in [-0.4, -0.2) is 61.9 Å². The van der Waals surface area contributed by atoms with E-state index in [1.807, 2.05) is 43.3 Å². The van der Waals surface area contributed by atoms with E-state index < -0.39 is 13.0 Å². The van der Waals surface area contributed by atoms with Crippen LogP contribution < -0.4 is 20.7 Å². The Balaban J connectivity index is 2.00. The van der Waals surface area contributed by atoms with Crippen LogP contribution in [0.4, 0.5) is 17.2 Å². The van der Waals surface area contributed by atoms with E-state index in [2.05, 4.69) is 44.3 Å². The first-order valence-corrected chi connectivity index (χ1v) is 15.0. The largest absolute Gasteiger partial charge is 0.496 e. The van der Waals surface area contributed by atoms with Crippen LogP contribution in [0, 0.1) is 23.7 Å². The minimum absolute atomic E-state index is 0.282. The van der Waals surface area contributed by atoms with Crippen LogP contribution in [0.5, 0.6) is 5.75 Å². The number of nitrogens with one attached hydrogen (secondary N) is 2. The Kier molecular flexibility index (Phi) is 10.2. The maximum absolute atomic E-state index is 12.8. The quantitative estimate of drug-likeness (QED) is 0.305. The average Bonchev–Trinajstić information content (AvgIpc) is 2.87. The highest BCUT2D eigenvalue weighted by molar-refractivity contribution is 7.70. The number of para-hydroxylation sites is 1. The van der Waals surface area contributed by atoms with Gasteiger partial charge in [-0.25, -0.2) is 9.97 Å². The van der Waals surface area contributed by atoms with E-state index in [4.69, 9.17) is 16.3 Å². The van der Waals surface area contributed by atoms with Crippen molar-refractivity contribution in [3.63, 3.8) is 0 Å². The Morgan fingerprint density at radius 1 is 1.18 bits per heavy atom. The second-order valence-corrected chi connectivity index (χ2v) is 12.8. The molecule has 202 valence electrons. The van der Waals surface area contributed by atoms with Crippen molar-refractivity contribution >= 4 is 47.1 Å². The molecule has 1 aromatic heterocycles. The van der Waals surface area contributed by atoms with Gasteiger partial charge in [0, 0.05) is 17.3 Å². The zero-order valence-corrected chi connectivity index (χ0v) is 24.5. The first-order valence-electron chi connectivity index (χ1n) is 12.0. The lowest BCUT2D eigenvalue weighted by molar-refractivity contribution is -0.111. The molecule has 39 heavy (non-hydrogen) atoms. The van der Waals surface area contributed by atoms with E-state index in [-0.39, 0.29) is 6.42 Å². The molecule has 1 heterocycles. The molecule has 0 bridgehead atoms. The molecule has 0 spiro atoms. The Labute approximate surface area is 234 Å². The number of hydrogen-bond donors (Lipinski definition) is 2. The molecule has 2 N–H and O–H groups in total. The van der Waals surface area contributed by atoms with Gasteiger partial charge in [-0.05, 0) is 64.5 Å². The van der Waals surface area contributed by atoms with Gasteiger partial charge in [0.15, 0.2) is 5.82 Å². The molecule has 0 unspecified atom stereocenters. The first-order chi connectivity index (χ1) is 18.5. The van der Waals surface area contributed by atoms with Crippen LogP contribution in [-0.2, 0) is 15.8 Å². The number of anilines is 3. The second kappa shape index (κ2) is 13.3. The van der Waals surface area contributed by atoms with Crippen LogP contribution in [0.2, 0.25) is 5.02 Å². The van der Waals surface area contributed by atoms with Gasteiger partial charge in [-0.2, -0.15) is 0 Å². The van der Waals surface area contributed by atoms with Crippen LogP contribution in [0.25, 0.3) is 0 Å². The molecule has 2 aromatic carbocycles. The van der Waals surface area contributed by atoms with Crippen molar-refractivity contribution in [2.24, 2.45) is 0 Å². The van der Waals surface area contributed by atoms with E-state index in [0.29, 0.717) is 51.2 Å². The van der Waals surface area contributed by atoms with Gasteiger partial charge in [-0.15, -0.1) is 0 Å². The summed E-state index contributed by atoms with van der Waals surface area (Å²) in [5.41, 5.74) is 2.50. The van der Waals surface area contributed by atoms with Crippen molar-refractivity contribution < 1.29 is 14.1 Å². The monoisotopic (exact) mass is 563 g/mol. The highest BCUT2D eigenvalue weighted by Crippen LogP contribution is 2.38. The molecular weight excluding hydrogens is 533 g/mol. The van der Waals surface area contributed by atoms with Crippen molar-refractivity contribution in [2.75, 3.05) is 51.7 Å². The van der Waals surface area contributed by atoms with Crippen molar-refractivity contribution in [1.29, 1.82) is 0 Å². The predicted octanol–water partition coefficient (Wildman–Crippen LogP) is 4.60. The Morgan fingerprint density at radius 2 is 1.92 bits per heavy atom. The molecule has 0 saturated carbocycles. The lowest BCUT2D eigenvalue weighted by Crippen LogP contribution is -2.12. The summed E-state index contributed by atoms with van der Waals surface area (Å²) in [6.45, 7) is 5.57. The van der Waals surface area contributed by atoms with Gasteiger partial charge in [-0.3, -0.25) is 9.69 Å². The number of amides is 1. The number of benzene rings is 2. The van der Waals surface area contributed by atoms with Crippen LogP contribution >= 0.6 is 18.7 Å². The van der Waals surface area contributed by atoms with Gasteiger partial charge in [0.25, 0.3) is 5.91 Å². The Bertz CT molecular complexity index is 1540. The number of carbonyl (C=O) groups is 1. The van der Waals surface area contributed by atoms with Crippen molar-refractivity contribution in [3.8, 4) is 29.4 Å². The summed E-state index contributed by atoms with van der Waals surface area (Å²) >= 11 is 6.42. The van der Waals surface area contributed by atoms with Crippen molar-refractivity contribution in [3.05, 3.63) is 64.6 Å². The number of halogens is 1. The van der Waals surface area contributed by atoms with Gasteiger partial charge < -0.3 is 19.9 Å². The zero-order chi connectivity index (χ0) is 28.6. The number of rotatable bonds is 8. The summed E-state index contributed by atoms with van der Waals surface area (Å²) in [6, 6.07) is 10.9. The minimum Gasteiger partial charge on any atom is -0.496 e. The van der Waals surface area contributed by atoms with Crippen molar-refractivity contribution in [1.82, 2.24) is 14.9 Å². The summed E-state index contributed by atoms with van der Waals surface area (Å²) < 4.78 is 18.4. The fourth-order valence-corrected chi connectivity index (χ4v) is 4.94. The summed E-state index contributed by atoms with van der Waals surface area (Å²) in [5.74, 6) is 12.3. The maximum atomic E-state index is 12.8. The third-order valence-corrected chi connectivity index (χ3v) is 7.23. The van der Waals surface area contributed by atoms with Gasteiger partial charge in [0.05, 0.1) is 36.8 Å². The first kappa shape index (κ1) is 29.7. The molecule has 0 fully saturated rings. The zero-order valence-electron chi connectivity index (χ0n) is 22.8. The Morgan fingerprint density at radius 3 is 2.59 bits per heavy atom. The van der Waals surface area contributed by atoms with E-state index in [1.165, 1.54) is 6.20 Å². The number of methoxy groups -OCH3 is 1. The molecule has 0 aliphatic carbocycles. The summed E-state index contributed by atoms with van der Waals surface area (Å²) in [5, 5.41) is 7.05. The number of ether oxygens (including phenoxy) is 1. The molecule has 0 aliphatic heterocycles. The maximum Gasteiger partial charge on any atom is 0.300 e. The molecule has 0 saturated heterocycles. The normalized spacial score (nSPS) is 10.7. The van der Waals surface area contributed by atoms with Crippen LogP contribution in [0.15, 0.2) is 42.6 Å². The smallest absolute Gasteiger partial charge is 0.300 e. The molecule has 0 aliphatic rings. The average molecular weight is 564 g/mol. The third-order valence-electron chi connectivity index (χ3n) is 5.41. The third kappa shape index (κ3) is 8.34. The predicted molar refractivity (Wildman–Crippen MR) is 159 cm³/mol.